The largest absolute Gasteiger partial charge is 0.496 e. The Morgan fingerprint density at radius 3 is 2.19 bits per heavy atom. The van der Waals surface area contributed by atoms with Gasteiger partial charge in [-0.1, -0.05) is 0 Å². The van der Waals surface area contributed by atoms with Gasteiger partial charge in [0.25, 0.3) is 5.56 Å². The van der Waals surface area contributed by atoms with Gasteiger partial charge < -0.3 is 24.3 Å². The van der Waals surface area contributed by atoms with E-state index in [1.807, 2.05) is 31.3 Å². The summed E-state index contributed by atoms with van der Waals surface area (Å²) in [6.45, 7) is 4.63. The monoisotopic (exact) mass is 357 g/mol. The van der Waals surface area contributed by atoms with Gasteiger partial charge in [0.05, 0.1) is 14.2 Å². The Balaban J connectivity index is 1.94. The zero-order valence-electron chi connectivity index (χ0n) is 16.1. The van der Waals surface area contributed by atoms with Gasteiger partial charge >= 0.3 is 0 Å². The van der Waals surface area contributed by atoms with Crippen LogP contribution in [0.1, 0.15) is 11.1 Å². The molecule has 6 heteroatoms. The number of nitrogens with zero attached hydrogens (tertiary/aromatic N) is 2. The number of aryl methyl sites for hydroxylation is 2. The second-order valence-electron chi connectivity index (χ2n) is 6.99. The third kappa shape index (κ3) is 3.61. The molecule has 1 aliphatic rings. The number of hydrogen-bond acceptors (Lipinski definition) is 5. The van der Waals surface area contributed by atoms with E-state index in [-0.39, 0.29) is 5.56 Å². The number of methoxy groups -OCH3 is 2. The lowest BCUT2D eigenvalue weighted by molar-refractivity contribution is 0.160. The van der Waals surface area contributed by atoms with Crippen LogP contribution >= 0.6 is 0 Å². The van der Waals surface area contributed by atoms with Crippen molar-refractivity contribution >= 4 is 0 Å². The topological polar surface area (TPSA) is 55.7 Å². The molecule has 0 aliphatic carbocycles. The summed E-state index contributed by atoms with van der Waals surface area (Å²) in [6.07, 6.45) is 1.84. The number of nitrogens with one attached hydrogen (secondary N) is 1. The smallest absolute Gasteiger partial charge is 0.253 e. The fourth-order valence-electron chi connectivity index (χ4n) is 3.43. The minimum Gasteiger partial charge on any atom is -0.496 e. The van der Waals surface area contributed by atoms with Crippen LogP contribution in [0, 0.1) is 6.92 Å². The molecule has 1 saturated heterocycles. The second kappa shape index (κ2) is 7.51. The molecule has 26 heavy (non-hydrogen) atoms. The predicted octanol–water partition coefficient (Wildman–Crippen LogP) is 1.78. The first-order chi connectivity index (χ1) is 12.4. The van der Waals surface area contributed by atoms with Crippen LogP contribution in [-0.2, 0) is 13.6 Å². The highest BCUT2D eigenvalue weighted by Gasteiger charge is 2.23. The first-order valence-electron chi connectivity index (χ1n) is 8.77. The van der Waals surface area contributed by atoms with Crippen LogP contribution in [0.25, 0.3) is 11.1 Å². The van der Waals surface area contributed by atoms with Gasteiger partial charge in [-0.05, 0) is 43.3 Å². The molecular formula is C20H27N3O3. The Labute approximate surface area is 154 Å². The van der Waals surface area contributed by atoms with Gasteiger partial charge in [-0.3, -0.25) is 4.79 Å². The van der Waals surface area contributed by atoms with Crippen molar-refractivity contribution in [1.29, 1.82) is 0 Å². The van der Waals surface area contributed by atoms with Crippen LogP contribution in [0.3, 0.4) is 0 Å². The molecule has 1 aromatic carbocycles. The standard InChI is InChI=1S/C20H27N3O3/c1-13-6-15(10-23(3)20(13)24)14-7-18(25-4)17(19(8-14)26-5)9-21-16-11-22(2)12-16/h6-8,10,16,21H,9,11-12H2,1-5H3. The van der Waals surface area contributed by atoms with Crippen LogP contribution in [0.2, 0.25) is 0 Å². The van der Waals surface area contributed by atoms with Gasteiger partial charge in [0.2, 0.25) is 0 Å². The van der Waals surface area contributed by atoms with E-state index in [0.29, 0.717) is 18.2 Å². The van der Waals surface area contributed by atoms with Crippen LogP contribution in [0.4, 0.5) is 0 Å². The Bertz CT molecular complexity index is 803. The van der Waals surface area contributed by atoms with Crippen molar-refractivity contribution in [3.05, 3.63) is 45.9 Å². The fraction of sp³-hybridized carbons (Fsp3) is 0.450. The lowest BCUT2D eigenvalue weighted by atomic mass is 10.0. The first kappa shape index (κ1) is 18.5. The van der Waals surface area contributed by atoms with E-state index in [1.54, 1.807) is 25.8 Å². The van der Waals surface area contributed by atoms with Crippen LogP contribution in [0.15, 0.2) is 29.2 Å². The molecule has 1 aromatic heterocycles. The molecule has 0 spiro atoms. The van der Waals surface area contributed by atoms with Crippen LogP contribution < -0.4 is 20.3 Å². The maximum absolute atomic E-state index is 12.0. The summed E-state index contributed by atoms with van der Waals surface area (Å²) in [5, 5.41) is 3.55. The third-order valence-electron chi connectivity index (χ3n) is 4.94. The highest BCUT2D eigenvalue weighted by Crippen LogP contribution is 2.35. The van der Waals surface area contributed by atoms with Gasteiger partial charge in [-0.15, -0.1) is 0 Å². The molecule has 6 nitrogen and oxygen atoms in total. The number of rotatable bonds is 6. The summed E-state index contributed by atoms with van der Waals surface area (Å²) >= 11 is 0. The van der Waals surface area contributed by atoms with Crippen molar-refractivity contribution in [2.75, 3.05) is 34.4 Å². The number of likely N-dealkylation sites (N-methyl/N-ethyl adjacent to an activating group) is 1. The maximum Gasteiger partial charge on any atom is 0.253 e. The molecular weight excluding hydrogens is 330 g/mol. The molecule has 1 fully saturated rings. The van der Waals surface area contributed by atoms with Gasteiger partial charge in [-0.25, -0.2) is 0 Å². The average Bonchev–Trinajstić information content (AvgIpc) is 2.61. The average molecular weight is 357 g/mol. The quantitative estimate of drug-likeness (QED) is 0.854. The van der Waals surface area contributed by atoms with Gasteiger partial charge in [-0.2, -0.15) is 0 Å². The number of hydrogen-bond donors (Lipinski definition) is 1. The van der Waals surface area contributed by atoms with E-state index >= 15 is 0 Å². The van der Waals surface area contributed by atoms with Crippen molar-refractivity contribution in [2.24, 2.45) is 7.05 Å². The number of benzene rings is 1. The summed E-state index contributed by atoms with van der Waals surface area (Å²) in [5.41, 5.74) is 3.66. The number of pyridine rings is 1. The van der Waals surface area contributed by atoms with E-state index in [4.69, 9.17) is 9.47 Å². The number of ether oxygens (including phenoxy) is 2. The van der Waals surface area contributed by atoms with E-state index in [1.165, 1.54) is 0 Å². The lowest BCUT2D eigenvalue weighted by Gasteiger charge is -2.37. The third-order valence-corrected chi connectivity index (χ3v) is 4.94. The molecule has 1 aliphatic heterocycles. The van der Waals surface area contributed by atoms with Gasteiger partial charge in [0.15, 0.2) is 0 Å². The van der Waals surface area contributed by atoms with E-state index in [2.05, 4.69) is 17.3 Å². The lowest BCUT2D eigenvalue weighted by Crippen LogP contribution is -2.55. The van der Waals surface area contributed by atoms with E-state index in [9.17, 15) is 4.79 Å². The Morgan fingerprint density at radius 1 is 1.08 bits per heavy atom. The van der Waals surface area contributed by atoms with Gasteiger partial charge in [0.1, 0.15) is 11.5 Å². The van der Waals surface area contributed by atoms with Crippen molar-refractivity contribution in [3.63, 3.8) is 0 Å². The number of aromatic nitrogens is 1. The molecule has 0 saturated carbocycles. The molecule has 0 radical (unpaired) electrons. The van der Waals surface area contributed by atoms with E-state index in [0.717, 1.165) is 41.3 Å². The van der Waals surface area contributed by atoms with Crippen molar-refractivity contribution in [3.8, 4) is 22.6 Å². The summed E-state index contributed by atoms with van der Waals surface area (Å²) in [5.74, 6) is 1.57. The normalized spacial score (nSPS) is 15.0. The first-order valence-corrected chi connectivity index (χ1v) is 8.77. The minimum atomic E-state index is 0.0129. The summed E-state index contributed by atoms with van der Waals surface area (Å²) in [7, 11) is 7.22. The Hall–Kier alpha value is -2.31. The molecule has 2 heterocycles. The minimum absolute atomic E-state index is 0.0129. The SMILES string of the molecule is COc1cc(-c2cc(C)c(=O)n(C)c2)cc(OC)c1CNC1CN(C)C1. The molecule has 3 rings (SSSR count). The highest BCUT2D eigenvalue weighted by atomic mass is 16.5. The van der Waals surface area contributed by atoms with Crippen molar-refractivity contribution in [1.82, 2.24) is 14.8 Å². The second-order valence-corrected chi connectivity index (χ2v) is 6.99. The van der Waals surface area contributed by atoms with Crippen LogP contribution in [0.5, 0.6) is 11.5 Å². The molecule has 2 aromatic rings. The molecule has 1 N–H and O–H groups in total. The molecule has 140 valence electrons. The Kier molecular flexibility index (Phi) is 5.34. The highest BCUT2D eigenvalue weighted by molar-refractivity contribution is 5.69. The van der Waals surface area contributed by atoms with Crippen molar-refractivity contribution < 1.29 is 9.47 Å². The summed E-state index contributed by atoms with van der Waals surface area (Å²) in [4.78, 5) is 14.2. The molecule has 0 atom stereocenters. The predicted molar refractivity (Wildman–Crippen MR) is 103 cm³/mol. The zero-order valence-corrected chi connectivity index (χ0v) is 16.1. The zero-order chi connectivity index (χ0) is 18.8. The van der Waals surface area contributed by atoms with Gasteiger partial charge in [0, 0.05) is 50.0 Å². The fourth-order valence-corrected chi connectivity index (χ4v) is 3.43. The molecule has 0 bridgehead atoms. The van der Waals surface area contributed by atoms with Crippen LogP contribution in [-0.4, -0.2) is 49.9 Å². The van der Waals surface area contributed by atoms with E-state index < -0.39 is 0 Å². The Morgan fingerprint density at radius 2 is 1.69 bits per heavy atom. The number of likely N-dealkylation sites (tertiary alicyclic amines) is 1. The molecule has 0 unspecified atom stereocenters. The summed E-state index contributed by atoms with van der Waals surface area (Å²) < 4.78 is 12.9. The summed E-state index contributed by atoms with van der Waals surface area (Å²) in [6, 6.07) is 6.41. The maximum atomic E-state index is 12.0. The molecule has 0 amide bonds. The van der Waals surface area contributed by atoms with Crippen molar-refractivity contribution in [2.45, 2.75) is 19.5 Å².